The van der Waals surface area contributed by atoms with Crippen molar-refractivity contribution in [1.29, 1.82) is 0 Å². The Labute approximate surface area is 210 Å². The number of hydrogen-bond acceptors (Lipinski definition) is 10. The van der Waals surface area contributed by atoms with Crippen molar-refractivity contribution in [2.75, 3.05) is 11.5 Å². The molecule has 0 bridgehead atoms. The lowest BCUT2D eigenvalue weighted by Crippen LogP contribution is -2.34. The summed E-state index contributed by atoms with van der Waals surface area (Å²) in [6, 6.07) is 9.34. The lowest BCUT2D eigenvalue weighted by atomic mass is 9.77. The second-order valence-electron chi connectivity index (χ2n) is 8.60. The molecule has 0 aliphatic carbocycles. The van der Waals surface area contributed by atoms with Gasteiger partial charge in [-0.3, -0.25) is 13.9 Å². The smallest absolute Gasteiger partial charge is 0.340 e. The van der Waals surface area contributed by atoms with E-state index in [4.69, 9.17) is 20.9 Å². The molecule has 5 rings (SSSR count). The minimum atomic E-state index is -5.08. The number of benzene rings is 3. The van der Waals surface area contributed by atoms with E-state index in [1.54, 1.807) is 6.07 Å². The molecule has 3 aromatic rings. The van der Waals surface area contributed by atoms with Gasteiger partial charge >= 0.3 is 5.97 Å². The highest BCUT2D eigenvalue weighted by Gasteiger charge is 2.56. The topological polar surface area (TPSA) is 213 Å². The number of esters is 1. The largest absolute Gasteiger partial charge is 0.453 e. The lowest BCUT2D eigenvalue weighted by Gasteiger charge is -2.38. The van der Waals surface area contributed by atoms with Crippen molar-refractivity contribution in [2.24, 2.45) is 0 Å². The van der Waals surface area contributed by atoms with Crippen molar-refractivity contribution in [1.82, 2.24) is 0 Å². The molecule has 3 aromatic carbocycles. The Hall–Kier alpha value is -3.98. The summed E-state index contributed by atoms with van der Waals surface area (Å²) in [6.07, 6.45) is -0.0101. The van der Waals surface area contributed by atoms with E-state index in [1.807, 2.05) is 0 Å². The molecule has 192 valence electrons. The third-order valence-electron chi connectivity index (χ3n) is 6.15. The van der Waals surface area contributed by atoms with E-state index in [-0.39, 0.29) is 34.5 Å². The first kappa shape index (κ1) is 24.7. The highest BCUT2D eigenvalue weighted by molar-refractivity contribution is 7.86. The number of Topliss-reactive ketones (excluding diaryl/α,β-unsaturated/α-hetero) is 1. The van der Waals surface area contributed by atoms with Gasteiger partial charge in [0.2, 0.25) is 0 Å². The zero-order chi connectivity index (χ0) is 27.1. The van der Waals surface area contributed by atoms with Gasteiger partial charge in [0.05, 0.1) is 16.9 Å². The number of rotatable bonds is 4. The van der Waals surface area contributed by atoms with Gasteiger partial charge in [0, 0.05) is 23.1 Å². The molecule has 0 atom stereocenters. The van der Waals surface area contributed by atoms with Gasteiger partial charge < -0.3 is 20.9 Å². The van der Waals surface area contributed by atoms with Crippen LogP contribution in [0, 0.1) is 0 Å². The second-order valence-corrected chi connectivity index (χ2v) is 11.3. The molecule has 0 saturated heterocycles. The predicted molar refractivity (Wildman–Crippen MR) is 128 cm³/mol. The minimum Gasteiger partial charge on any atom is -0.453 e. The fourth-order valence-corrected chi connectivity index (χ4v) is 6.30. The van der Waals surface area contributed by atoms with Crippen molar-refractivity contribution in [3.05, 3.63) is 70.3 Å². The zero-order valence-electron chi connectivity index (χ0n) is 18.9. The van der Waals surface area contributed by atoms with Gasteiger partial charge in [-0.05, 0) is 48.9 Å². The van der Waals surface area contributed by atoms with Crippen LogP contribution >= 0.6 is 0 Å². The normalized spacial score (nSPS) is 15.4. The fraction of sp³-hybridized carbons (Fsp3) is 0.130. The van der Waals surface area contributed by atoms with Gasteiger partial charge in [-0.1, -0.05) is 6.07 Å². The Balaban J connectivity index is 1.99. The number of carbonyl (C=O) groups excluding carboxylic acids is 2. The van der Waals surface area contributed by atoms with Crippen molar-refractivity contribution in [3.63, 3.8) is 0 Å². The van der Waals surface area contributed by atoms with Gasteiger partial charge in [0.25, 0.3) is 20.2 Å². The van der Waals surface area contributed by atoms with E-state index in [1.165, 1.54) is 31.2 Å². The van der Waals surface area contributed by atoms with Crippen LogP contribution in [0.4, 0.5) is 11.4 Å². The van der Waals surface area contributed by atoms with Crippen molar-refractivity contribution < 1.29 is 45.0 Å². The van der Waals surface area contributed by atoms with E-state index < -0.39 is 64.5 Å². The van der Waals surface area contributed by atoms with Crippen LogP contribution in [-0.2, 0) is 41.8 Å². The van der Waals surface area contributed by atoms with E-state index in [9.17, 15) is 35.5 Å². The average molecular weight is 547 g/mol. The number of ketones is 1. The summed E-state index contributed by atoms with van der Waals surface area (Å²) in [4.78, 5) is 23.0. The molecule has 2 aliphatic rings. The lowest BCUT2D eigenvalue weighted by molar-refractivity contribution is -0.116. The Morgan fingerprint density at radius 3 is 1.84 bits per heavy atom. The molecule has 0 amide bonds. The van der Waals surface area contributed by atoms with Crippen molar-refractivity contribution >= 4 is 43.4 Å². The molecule has 2 aliphatic heterocycles. The van der Waals surface area contributed by atoms with Crippen LogP contribution in [-0.4, -0.2) is 37.7 Å². The first-order chi connectivity index (χ1) is 17.2. The number of carbonyl (C=O) groups is 2. The standard InChI is InChI=1S/C23H18N2O10S2/c1-10(26)8-11-2-3-12-15(9-11)23(35-22(12)27)13-4-6-16(24)20(36(28,29)30)18(13)34-19-14(23)5-7-17(25)21(19)37(31,32)33/h2-7,9H,8,24-25H2,1H3,(H,28,29,30)(H,31,32,33). The molecule has 0 unspecified atom stereocenters. The molecule has 37 heavy (non-hydrogen) atoms. The van der Waals surface area contributed by atoms with Crippen LogP contribution < -0.4 is 16.2 Å². The Morgan fingerprint density at radius 1 is 0.865 bits per heavy atom. The van der Waals surface area contributed by atoms with E-state index in [2.05, 4.69) is 0 Å². The molecule has 0 fully saturated rings. The van der Waals surface area contributed by atoms with Gasteiger partial charge in [-0.2, -0.15) is 16.8 Å². The Morgan fingerprint density at radius 2 is 1.38 bits per heavy atom. The summed E-state index contributed by atoms with van der Waals surface area (Å²) in [5, 5.41) is 0. The summed E-state index contributed by atoms with van der Waals surface area (Å²) < 4.78 is 80.8. The van der Waals surface area contributed by atoms with Crippen molar-refractivity contribution in [3.8, 4) is 11.5 Å². The maximum Gasteiger partial charge on any atom is 0.340 e. The second kappa shape index (κ2) is 7.76. The first-order valence-electron chi connectivity index (χ1n) is 10.5. The van der Waals surface area contributed by atoms with Gasteiger partial charge in [-0.15, -0.1) is 0 Å². The molecule has 0 radical (unpaired) electrons. The van der Waals surface area contributed by atoms with E-state index >= 15 is 0 Å². The van der Waals surface area contributed by atoms with Crippen LogP contribution in [0.1, 0.15) is 39.5 Å². The van der Waals surface area contributed by atoms with E-state index in [0.717, 1.165) is 12.1 Å². The summed E-state index contributed by atoms with van der Waals surface area (Å²) in [5.41, 5.74) is 9.18. The molecule has 14 heteroatoms. The molecule has 6 N–H and O–H groups in total. The van der Waals surface area contributed by atoms with Gasteiger partial charge in [0.1, 0.15) is 5.78 Å². The van der Waals surface area contributed by atoms with Crippen LogP contribution in [0.25, 0.3) is 0 Å². The monoisotopic (exact) mass is 546 g/mol. The Kier molecular flexibility index (Phi) is 5.18. The molecule has 2 heterocycles. The average Bonchev–Trinajstić information content (AvgIpc) is 3.03. The maximum absolute atomic E-state index is 13.1. The van der Waals surface area contributed by atoms with Crippen molar-refractivity contribution in [2.45, 2.75) is 28.7 Å². The van der Waals surface area contributed by atoms with Crippen LogP contribution in [0.15, 0.2) is 52.3 Å². The van der Waals surface area contributed by atoms with E-state index in [0.29, 0.717) is 5.56 Å². The molecule has 1 spiro atoms. The van der Waals surface area contributed by atoms with Crippen LogP contribution in [0.3, 0.4) is 0 Å². The summed E-state index contributed by atoms with van der Waals surface area (Å²) >= 11 is 0. The molecular formula is C23H18N2O10S2. The third-order valence-corrected chi connectivity index (χ3v) is 8.02. The molecule has 12 nitrogen and oxygen atoms in total. The first-order valence-corrected chi connectivity index (χ1v) is 13.4. The number of fused-ring (bicyclic) bond motifs is 6. The third kappa shape index (κ3) is 3.56. The summed E-state index contributed by atoms with van der Waals surface area (Å²) in [7, 11) is -10.2. The molecule has 0 saturated carbocycles. The van der Waals surface area contributed by atoms with Crippen LogP contribution in [0.5, 0.6) is 11.5 Å². The van der Waals surface area contributed by atoms with Gasteiger partial charge in [0.15, 0.2) is 26.9 Å². The summed E-state index contributed by atoms with van der Waals surface area (Å²) in [6.45, 7) is 1.37. The number of ether oxygens (including phenoxy) is 2. The maximum atomic E-state index is 13.1. The SMILES string of the molecule is CC(=O)Cc1ccc2c(c1)C1(OC2=O)c2ccc(N)c(S(=O)(=O)O)c2Oc2c1ccc(N)c2S(=O)(=O)O. The number of nitrogens with two attached hydrogens (primary N) is 2. The van der Waals surface area contributed by atoms with Crippen LogP contribution in [0.2, 0.25) is 0 Å². The quantitative estimate of drug-likeness (QED) is 0.210. The van der Waals surface area contributed by atoms with Gasteiger partial charge in [-0.25, -0.2) is 4.79 Å². The number of anilines is 2. The number of nitrogen functional groups attached to an aromatic ring is 2. The molecular weight excluding hydrogens is 528 g/mol. The number of hydrogen-bond donors (Lipinski definition) is 4. The summed E-state index contributed by atoms with van der Waals surface area (Å²) in [5.74, 6) is -2.31. The zero-order valence-corrected chi connectivity index (χ0v) is 20.5. The Bertz CT molecular complexity index is 1690. The molecule has 0 aromatic heterocycles. The highest BCUT2D eigenvalue weighted by atomic mass is 32.2. The highest BCUT2D eigenvalue weighted by Crippen LogP contribution is 2.59. The fourth-order valence-electron chi connectivity index (χ4n) is 4.80. The minimum absolute atomic E-state index is 0.0101. The predicted octanol–water partition coefficient (Wildman–Crippen LogP) is 2.04.